The highest BCUT2D eigenvalue weighted by Crippen LogP contribution is 2.38. The van der Waals surface area contributed by atoms with E-state index in [0.29, 0.717) is 31.0 Å². The molecular formula is C21H11ClFN3O2S2. The molecule has 9 heteroatoms. The SMILES string of the molecule is O=C(c1sc2ccccc2c1Cl)N(/N=C/c1ccco1)c1nc2ccc(F)cc2s1. The third-order valence-electron chi connectivity index (χ3n) is 4.29. The molecule has 5 rings (SSSR count). The summed E-state index contributed by atoms with van der Waals surface area (Å²) in [5.74, 6) is -0.326. The number of hydrogen-bond donors (Lipinski definition) is 0. The van der Waals surface area contributed by atoms with Crippen molar-refractivity contribution >= 4 is 71.8 Å². The van der Waals surface area contributed by atoms with Gasteiger partial charge in [0.15, 0.2) is 0 Å². The van der Waals surface area contributed by atoms with E-state index in [1.54, 1.807) is 18.2 Å². The zero-order chi connectivity index (χ0) is 20.7. The maximum atomic E-state index is 13.6. The Hall–Kier alpha value is -3.07. The lowest BCUT2D eigenvalue weighted by Crippen LogP contribution is -2.25. The molecule has 0 N–H and O–H groups in total. The van der Waals surface area contributed by atoms with Gasteiger partial charge in [-0.25, -0.2) is 9.37 Å². The molecule has 0 atom stereocenters. The maximum absolute atomic E-state index is 13.6. The number of thiophene rings is 1. The van der Waals surface area contributed by atoms with Gasteiger partial charge in [0.2, 0.25) is 5.13 Å². The fraction of sp³-hybridized carbons (Fsp3) is 0. The molecule has 0 unspecified atom stereocenters. The summed E-state index contributed by atoms with van der Waals surface area (Å²) in [5, 5.41) is 6.95. The number of anilines is 1. The van der Waals surface area contributed by atoms with Gasteiger partial charge >= 0.3 is 0 Å². The average molecular weight is 456 g/mol. The number of amides is 1. The van der Waals surface area contributed by atoms with E-state index in [4.69, 9.17) is 16.0 Å². The van der Waals surface area contributed by atoms with Crippen molar-refractivity contribution in [1.29, 1.82) is 0 Å². The van der Waals surface area contributed by atoms with Gasteiger partial charge in [-0.1, -0.05) is 41.1 Å². The van der Waals surface area contributed by atoms with E-state index < -0.39 is 5.91 Å². The van der Waals surface area contributed by atoms with E-state index in [-0.39, 0.29) is 5.82 Å². The average Bonchev–Trinajstić information content (AvgIpc) is 3.47. The molecule has 0 bridgehead atoms. The number of thiazole rings is 1. The van der Waals surface area contributed by atoms with Crippen molar-refractivity contribution < 1.29 is 13.6 Å². The van der Waals surface area contributed by atoms with Gasteiger partial charge in [0.1, 0.15) is 16.5 Å². The van der Waals surface area contributed by atoms with Crippen LogP contribution in [0.25, 0.3) is 20.3 Å². The Morgan fingerprint density at radius 2 is 2.00 bits per heavy atom. The number of carbonyl (C=O) groups is 1. The van der Waals surface area contributed by atoms with Gasteiger partial charge in [-0.15, -0.1) is 11.3 Å². The van der Waals surface area contributed by atoms with E-state index in [2.05, 4.69) is 10.1 Å². The van der Waals surface area contributed by atoms with Crippen LogP contribution in [-0.2, 0) is 0 Å². The number of benzene rings is 2. The number of hydrazone groups is 1. The molecule has 5 aromatic rings. The first-order valence-electron chi connectivity index (χ1n) is 8.75. The molecule has 30 heavy (non-hydrogen) atoms. The van der Waals surface area contributed by atoms with Crippen LogP contribution < -0.4 is 5.01 Å². The summed E-state index contributed by atoms with van der Waals surface area (Å²) in [7, 11) is 0. The van der Waals surface area contributed by atoms with Crippen molar-refractivity contribution in [2.24, 2.45) is 5.10 Å². The molecule has 0 aliphatic rings. The summed E-state index contributed by atoms with van der Waals surface area (Å²) in [6.45, 7) is 0. The highest BCUT2D eigenvalue weighted by atomic mass is 35.5. The van der Waals surface area contributed by atoms with Crippen molar-refractivity contribution in [2.45, 2.75) is 0 Å². The molecule has 0 fully saturated rings. The largest absolute Gasteiger partial charge is 0.463 e. The highest BCUT2D eigenvalue weighted by molar-refractivity contribution is 7.23. The molecule has 148 valence electrons. The van der Waals surface area contributed by atoms with Crippen molar-refractivity contribution in [1.82, 2.24) is 4.98 Å². The van der Waals surface area contributed by atoms with Gasteiger partial charge in [0, 0.05) is 10.1 Å². The van der Waals surface area contributed by atoms with Crippen LogP contribution in [0.4, 0.5) is 9.52 Å². The first-order valence-corrected chi connectivity index (χ1v) is 10.8. The number of nitrogens with zero attached hydrogens (tertiary/aromatic N) is 3. The Bertz CT molecular complexity index is 1410. The molecule has 0 aliphatic carbocycles. The lowest BCUT2D eigenvalue weighted by Gasteiger charge is -2.12. The minimum Gasteiger partial charge on any atom is -0.463 e. The first kappa shape index (κ1) is 18.9. The van der Waals surface area contributed by atoms with Gasteiger partial charge in [0.05, 0.1) is 27.7 Å². The summed E-state index contributed by atoms with van der Waals surface area (Å²) >= 11 is 8.96. The molecule has 3 aromatic heterocycles. The summed E-state index contributed by atoms with van der Waals surface area (Å²) < 4.78 is 20.4. The zero-order valence-electron chi connectivity index (χ0n) is 15.1. The molecule has 0 spiro atoms. The van der Waals surface area contributed by atoms with Gasteiger partial charge in [-0.3, -0.25) is 4.79 Å². The lowest BCUT2D eigenvalue weighted by atomic mass is 10.2. The predicted molar refractivity (Wildman–Crippen MR) is 120 cm³/mol. The third-order valence-corrected chi connectivity index (χ3v) is 6.94. The Morgan fingerprint density at radius 1 is 1.13 bits per heavy atom. The third kappa shape index (κ3) is 3.39. The summed E-state index contributed by atoms with van der Waals surface area (Å²) in [5.41, 5.74) is 0.574. The van der Waals surface area contributed by atoms with Crippen LogP contribution in [0.2, 0.25) is 5.02 Å². The molecule has 0 saturated carbocycles. The van der Waals surface area contributed by atoms with Crippen LogP contribution >= 0.6 is 34.3 Å². The van der Waals surface area contributed by atoms with Crippen LogP contribution in [0.15, 0.2) is 70.4 Å². The Morgan fingerprint density at radius 3 is 2.80 bits per heavy atom. The number of halogens is 2. The van der Waals surface area contributed by atoms with Crippen LogP contribution in [-0.4, -0.2) is 17.1 Å². The second-order valence-corrected chi connectivity index (χ2v) is 8.67. The maximum Gasteiger partial charge on any atom is 0.292 e. The van der Waals surface area contributed by atoms with Crippen LogP contribution in [0.5, 0.6) is 0 Å². The highest BCUT2D eigenvalue weighted by Gasteiger charge is 2.26. The van der Waals surface area contributed by atoms with E-state index in [1.807, 2.05) is 24.3 Å². The Balaban J connectivity index is 1.62. The predicted octanol–water partition coefficient (Wildman–Crippen LogP) is 6.58. The molecule has 5 nitrogen and oxygen atoms in total. The van der Waals surface area contributed by atoms with E-state index in [9.17, 15) is 9.18 Å². The minimum atomic E-state index is -0.427. The van der Waals surface area contributed by atoms with E-state index >= 15 is 0 Å². The van der Waals surface area contributed by atoms with Crippen molar-refractivity contribution in [3.8, 4) is 0 Å². The van der Waals surface area contributed by atoms with Crippen LogP contribution in [0.3, 0.4) is 0 Å². The van der Waals surface area contributed by atoms with Crippen molar-refractivity contribution in [3.05, 3.63) is 82.3 Å². The summed E-state index contributed by atoms with van der Waals surface area (Å²) in [4.78, 5) is 18.2. The fourth-order valence-corrected chi connectivity index (χ4v) is 5.28. The minimum absolute atomic E-state index is 0.303. The van der Waals surface area contributed by atoms with E-state index in [0.717, 1.165) is 21.4 Å². The normalized spacial score (nSPS) is 11.7. The van der Waals surface area contributed by atoms with Gasteiger partial charge < -0.3 is 4.42 Å². The molecule has 3 heterocycles. The topological polar surface area (TPSA) is 58.7 Å². The van der Waals surface area contributed by atoms with Gasteiger partial charge in [-0.05, 0) is 36.4 Å². The smallest absolute Gasteiger partial charge is 0.292 e. The quantitative estimate of drug-likeness (QED) is 0.227. The number of fused-ring (bicyclic) bond motifs is 2. The van der Waals surface area contributed by atoms with Crippen LogP contribution in [0.1, 0.15) is 15.4 Å². The van der Waals surface area contributed by atoms with Crippen molar-refractivity contribution in [2.75, 3.05) is 5.01 Å². The van der Waals surface area contributed by atoms with Crippen LogP contribution in [0, 0.1) is 5.82 Å². The number of aromatic nitrogens is 1. The molecule has 0 radical (unpaired) electrons. The van der Waals surface area contributed by atoms with Gasteiger partial charge in [0.25, 0.3) is 5.91 Å². The Labute approximate surface area is 182 Å². The van der Waals surface area contributed by atoms with Gasteiger partial charge in [-0.2, -0.15) is 10.1 Å². The lowest BCUT2D eigenvalue weighted by molar-refractivity contribution is 0.0992. The molecule has 2 aromatic carbocycles. The second kappa shape index (κ2) is 7.64. The van der Waals surface area contributed by atoms with Crippen molar-refractivity contribution in [3.63, 3.8) is 0 Å². The summed E-state index contributed by atoms with van der Waals surface area (Å²) in [6.07, 6.45) is 2.93. The molecule has 0 aliphatic heterocycles. The number of hydrogen-bond acceptors (Lipinski definition) is 6. The first-order chi connectivity index (χ1) is 14.6. The summed E-state index contributed by atoms with van der Waals surface area (Å²) in [6, 6.07) is 15.2. The second-order valence-electron chi connectivity index (χ2n) is 6.23. The Kier molecular flexibility index (Phi) is 4.82. The fourth-order valence-electron chi connectivity index (χ4n) is 2.89. The number of rotatable bonds is 4. The standard InChI is InChI=1S/C21H11ClFN3O2S2/c22-18-14-5-1-2-6-16(14)29-19(18)20(27)26(24-11-13-4-3-9-28-13)21-25-15-8-7-12(23)10-17(15)30-21/h1-11H/b24-11+. The molecule has 0 saturated heterocycles. The molecular weight excluding hydrogens is 445 g/mol. The van der Waals surface area contributed by atoms with E-state index in [1.165, 1.54) is 41.0 Å². The zero-order valence-corrected chi connectivity index (χ0v) is 17.5. The monoisotopic (exact) mass is 455 g/mol. The number of furan rings is 1. The molecule has 1 amide bonds. The number of carbonyl (C=O) groups excluding carboxylic acids is 1.